The molecule has 1 aliphatic rings. The summed E-state index contributed by atoms with van der Waals surface area (Å²) >= 11 is 6.09. The van der Waals surface area contributed by atoms with Crippen molar-refractivity contribution in [3.8, 4) is 11.3 Å². The molecule has 0 aliphatic carbocycles. The van der Waals surface area contributed by atoms with E-state index in [4.69, 9.17) is 16.0 Å². The van der Waals surface area contributed by atoms with Gasteiger partial charge in [-0.3, -0.25) is 10.1 Å². The van der Waals surface area contributed by atoms with E-state index in [1.165, 1.54) is 0 Å². The molecule has 1 aliphatic heterocycles. The van der Waals surface area contributed by atoms with Crippen molar-refractivity contribution in [3.63, 3.8) is 0 Å². The lowest BCUT2D eigenvalue weighted by molar-refractivity contribution is -0.139. The second kappa shape index (κ2) is 6.55. The molecule has 0 unspecified atom stereocenters. The van der Waals surface area contributed by atoms with Crippen molar-refractivity contribution < 1.29 is 14.3 Å². The van der Waals surface area contributed by atoms with Crippen LogP contribution in [0.5, 0.6) is 0 Å². The molecule has 2 aromatic heterocycles. The van der Waals surface area contributed by atoms with E-state index in [1.807, 2.05) is 60.7 Å². The summed E-state index contributed by atoms with van der Waals surface area (Å²) < 4.78 is 6.11. The zero-order valence-electron chi connectivity index (χ0n) is 14.8. The largest absolute Gasteiger partial charge is 0.480 e. The van der Waals surface area contributed by atoms with Gasteiger partial charge in [0.05, 0.1) is 0 Å². The fourth-order valence-corrected chi connectivity index (χ4v) is 4.11. The first kappa shape index (κ1) is 17.1. The fraction of sp³-hybridized carbons (Fsp3) is 0.136. The Kier molecular flexibility index (Phi) is 4.00. The van der Waals surface area contributed by atoms with E-state index in [1.54, 1.807) is 0 Å². The Labute approximate surface area is 165 Å². The number of fused-ring (bicyclic) bond motifs is 3. The Morgan fingerprint density at radius 3 is 2.79 bits per heavy atom. The molecule has 0 saturated carbocycles. The number of carbonyl (C=O) groups is 1. The first-order valence-corrected chi connectivity index (χ1v) is 9.42. The number of furan rings is 1. The number of rotatable bonds is 3. The molecule has 0 radical (unpaired) electrons. The maximum Gasteiger partial charge on any atom is 0.321 e. The number of benzene rings is 2. The number of carboxylic acid groups (broad SMARTS) is 1. The van der Waals surface area contributed by atoms with E-state index < -0.39 is 12.0 Å². The normalized spacial score (nSPS) is 18.9. The van der Waals surface area contributed by atoms with E-state index in [0.717, 1.165) is 27.7 Å². The highest BCUT2D eigenvalue weighted by Gasteiger charge is 2.35. The molecule has 0 amide bonds. The van der Waals surface area contributed by atoms with Gasteiger partial charge < -0.3 is 14.5 Å². The van der Waals surface area contributed by atoms with Crippen LogP contribution in [0.1, 0.15) is 23.1 Å². The van der Waals surface area contributed by atoms with Crippen molar-refractivity contribution >= 4 is 28.5 Å². The Hall–Kier alpha value is -3.02. The number of H-pyrrole nitrogens is 1. The summed E-state index contributed by atoms with van der Waals surface area (Å²) in [6, 6.07) is 18.1. The van der Waals surface area contributed by atoms with E-state index in [9.17, 15) is 9.90 Å². The predicted molar refractivity (Wildman–Crippen MR) is 108 cm³/mol. The van der Waals surface area contributed by atoms with Gasteiger partial charge in [-0.15, -0.1) is 0 Å². The van der Waals surface area contributed by atoms with Crippen LogP contribution in [0.2, 0.25) is 5.02 Å². The standard InChI is InChI=1S/C22H17ClN2O3/c23-13-5-3-4-12(10-13)18-8-9-19(28-18)21-20-15(11-17(25-21)22(26)27)14-6-1-2-7-16(14)24-20/h1-10,17,21,24-25H,11H2,(H,26,27)/t17-,21-/m1/s1. The molecular weight excluding hydrogens is 376 g/mol. The highest BCUT2D eigenvalue weighted by Crippen LogP contribution is 2.37. The van der Waals surface area contributed by atoms with Gasteiger partial charge in [0.1, 0.15) is 23.6 Å². The third-order valence-electron chi connectivity index (χ3n) is 5.23. The summed E-state index contributed by atoms with van der Waals surface area (Å²) in [4.78, 5) is 15.2. The summed E-state index contributed by atoms with van der Waals surface area (Å²) in [6.07, 6.45) is 0.424. The Balaban J connectivity index is 1.61. The lowest BCUT2D eigenvalue weighted by atomic mass is 9.93. The number of aliphatic carboxylic acids is 1. The lowest BCUT2D eigenvalue weighted by Gasteiger charge is -2.27. The lowest BCUT2D eigenvalue weighted by Crippen LogP contribution is -2.44. The summed E-state index contributed by atoms with van der Waals surface area (Å²) in [5.74, 6) is 0.477. The second-order valence-corrected chi connectivity index (χ2v) is 7.41. The monoisotopic (exact) mass is 392 g/mol. The zero-order chi connectivity index (χ0) is 19.3. The molecule has 3 N–H and O–H groups in total. The Bertz CT molecular complexity index is 1190. The number of nitrogens with one attached hydrogen (secondary N) is 2. The number of hydrogen-bond acceptors (Lipinski definition) is 3. The van der Waals surface area contributed by atoms with Gasteiger partial charge in [-0.1, -0.05) is 41.9 Å². The second-order valence-electron chi connectivity index (χ2n) is 6.97. The van der Waals surface area contributed by atoms with E-state index in [-0.39, 0.29) is 6.04 Å². The van der Waals surface area contributed by atoms with Crippen molar-refractivity contribution in [2.24, 2.45) is 0 Å². The topological polar surface area (TPSA) is 78.3 Å². The number of aromatic amines is 1. The van der Waals surface area contributed by atoms with Gasteiger partial charge in [-0.05, 0) is 35.9 Å². The quantitative estimate of drug-likeness (QED) is 0.469. The number of hydrogen-bond donors (Lipinski definition) is 3. The molecule has 6 heteroatoms. The third-order valence-corrected chi connectivity index (χ3v) is 5.47. The van der Waals surface area contributed by atoms with E-state index in [2.05, 4.69) is 10.3 Å². The van der Waals surface area contributed by atoms with Gasteiger partial charge in [0, 0.05) is 33.6 Å². The van der Waals surface area contributed by atoms with Crippen LogP contribution < -0.4 is 5.32 Å². The number of carboxylic acids is 1. The first-order valence-electron chi connectivity index (χ1n) is 9.04. The fourth-order valence-electron chi connectivity index (χ4n) is 3.92. The van der Waals surface area contributed by atoms with Crippen molar-refractivity contribution in [1.29, 1.82) is 0 Å². The molecule has 5 nitrogen and oxygen atoms in total. The summed E-state index contributed by atoms with van der Waals surface area (Å²) in [5.41, 5.74) is 3.84. The van der Waals surface area contributed by atoms with Gasteiger partial charge in [0.15, 0.2) is 0 Å². The average molecular weight is 393 g/mol. The Morgan fingerprint density at radius 2 is 1.96 bits per heavy atom. The van der Waals surface area contributed by atoms with Crippen molar-refractivity contribution in [2.75, 3.05) is 0 Å². The van der Waals surface area contributed by atoms with E-state index >= 15 is 0 Å². The maximum absolute atomic E-state index is 11.7. The smallest absolute Gasteiger partial charge is 0.321 e. The third kappa shape index (κ3) is 2.80. The molecule has 28 heavy (non-hydrogen) atoms. The molecule has 0 fully saturated rings. The van der Waals surface area contributed by atoms with Crippen LogP contribution in [0.3, 0.4) is 0 Å². The molecule has 0 bridgehead atoms. The molecule has 140 valence electrons. The van der Waals surface area contributed by atoms with Crippen LogP contribution in [-0.2, 0) is 11.2 Å². The first-order chi connectivity index (χ1) is 13.6. The van der Waals surface area contributed by atoms with Crippen molar-refractivity contribution in [3.05, 3.63) is 82.7 Å². The van der Waals surface area contributed by atoms with Gasteiger partial charge >= 0.3 is 5.97 Å². The maximum atomic E-state index is 11.7. The molecule has 2 atom stereocenters. The summed E-state index contributed by atoms with van der Waals surface area (Å²) in [7, 11) is 0. The molecule has 0 saturated heterocycles. The van der Waals surface area contributed by atoms with E-state index in [0.29, 0.717) is 23.0 Å². The zero-order valence-corrected chi connectivity index (χ0v) is 15.5. The molecule has 0 spiro atoms. The Morgan fingerprint density at radius 1 is 1.11 bits per heavy atom. The van der Waals surface area contributed by atoms with Crippen LogP contribution in [0.25, 0.3) is 22.2 Å². The number of aromatic nitrogens is 1. The highest BCUT2D eigenvalue weighted by molar-refractivity contribution is 6.30. The van der Waals surface area contributed by atoms with Gasteiger partial charge in [0.25, 0.3) is 0 Å². The minimum atomic E-state index is -0.873. The predicted octanol–water partition coefficient (Wildman–Crippen LogP) is 4.77. The summed E-state index contributed by atoms with van der Waals surface area (Å²) in [6.45, 7) is 0. The van der Waals surface area contributed by atoms with Crippen molar-refractivity contribution in [2.45, 2.75) is 18.5 Å². The van der Waals surface area contributed by atoms with Crippen LogP contribution in [0.4, 0.5) is 0 Å². The van der Waals surface area contributed by atoms with Gasteiger partial charge in [0.2, 0.25) is 0 Å². The van der Waals surface area contributed by atoms with Gasteiger partial charge in [-0.2, -0.15) is 0 Å². The highest BCUT2D eigenvalue weighted by atomic mass is 35.5. The minimum Gasteiger partial charge on any atom is -0.480 e. The SMILES string of the molecule is O=C(O)[C@H]1Cc2c([nH]c3ccccc23)[C@@H](c2ccc(-c3cccc(Cl)c3)o2)N1. The van der Waals surface area contributed by atoms with Crippen LogP contribution >= 0.6 is 11.6 Å². The minimum absolute atomic E-state index is 0.370. The molecule has 3 heterocycles. The van der Waals surface area contributed by atoms with Crippen LogP contribution in [0, 0.1) is 0 Å². The van der Waals surface area contributed by atoms with Crippen LogP contribution in [-0.4, -0.2) is 22.1 Å². The number of para-hydroxylation sites is 1. The summed E-state index contributed by atoms with van der Waals surface area (Å²) in [5, 5.41) is 14.5. The van der Waals surface area contributed by atoms with Crippen LogP contribution in [0.15, 0.2) is 65.1 Å². The average Bonchev–Trinajstić information content (AvgIpc) is 3.32. The van der Waals surface area contributed by atoms with Crippen molar-refractivity contribution in [1.82, 2.24) is 10.3 Å². The molecule has 4 aromatic rings. The van der Waals surface area contributed by atoms with Gasteiger partial charge in [-0.25, -0.2) is 0 Å². The number of halogens is 1. The molecule has 5 rings (SSSR count). The molecular formula is C22H17ClN2O3. The molecule has 2 aromatic carbocycles.